The van der Waals surface area contributed by atoms with Crippen LogP contribution in [0.5, 0.6) is 5.75 Å². The Bertz CT molecular complexity index is 815. The maximum atomic E-state index is 12.1. The molecule has 130 valence electrons. The van der Waals surface area contributed by atoms with E-state index in [1.54, 1.807) is 49.6 Å². The van der Waals surface area contributed by atoms with Gasteiger partial charge in [0.2, 0.25) is 0 Å². The second kappa shape index (κ2) is 8.97. The van der Waals surface area contributed by atoms with Gasteiger partial charge in [-0.1, -0.05) is 11.6 Å². The molecule has 2 aromatic rings. The average molecular weight is 490 g/mol. The summed E-state index contributed by atoms with van der Waals surface area (Å²) in [5.74, 6) is -0.137. The molecule has 0 fully saturated rings. The smallest absolute Gasteiger partial charge is 0.269 e. The molecule has 25 heavy (non-hydrogen) atoms. The van der Waals surface area contributed by atoms with E-state index in [1.807, 2.05) is 0 Å². The maximum absolute atomic E-state index is 12.1. The third kappa shape index (κ3) is 5.55. The first kappa shape index (κ1) is 19.4. The van der Waals surface area contributed by atoms with Crippen molar-refractivity contribution in [3.63, 3.8) is 0 Å². The van der Waals surface area contributed by atoms with Crippen LogP contribution in [0.3, 0.4) is 0 Å². The van der Waals surface area contributed by atoms with E-state index >= 15 is 0 Å². The van der Waals surface area contributed by atoms with Crippen molar-refractivity contribution in [3.05, 3.63) is 62.2 Å². The van der Waals surface area contributed by atoms with Gasteiger partial charge in [-0.15, -0.1) is 0 Å². The summed E-state index contributed by atoms with van der Waals surface area (Å²) in [5.41, 5.74) is 5.71. The monoisotopic (exact) mass is 489 g/mol. The average Bonchev–Trinajstić information content (AvgIpc) is 2.60. The van der Waals surface area contributed by atoms with E-state index < -0.39 is 11.8 Å². The van der Waals surface area contributed by atoms with Gasteiger partial charge in [0.25, 0.3) is 11.8 Å². The number of amides is 2. The zero-order valence-corrected chi connectivity index (χ0v) is 16.7. The van der Waals surface area contributed by atoms with Gasteiger partial charge < -0.3 is 4.74 Å². The van der Waals surface area contributed by atoms with Crippen molar-refractivity contribution >= 4 is 63.3 Å². The molecule has 0 aliphatic carbocycles. The number of rotatable bonds is 3. The Morgan fingerprint density at radius 1 is 1.04 bits per heavy atom. The van der Waals surface area contributed by atoms with Crippen LogP contribution in [0.4, 0.5) is 0 Å². The Labute approximate surface area is 168 Å². The second-order valence-electron chi connectivity index (χ2n) is 4.72. The van der Waals surface area contributed by atoms with E-state index in [4.69, 9.17) is 28.6 Å². The van der Waals surface area contributed by atoms with Gasteiger partial charge >= 0.3 is 0 Å². The molecule has 0 saturated carbocycles. The van der Waals surface area contributed by atoms with Gasteiger partial charge in [-0.25, -0.2) is 0 Å². The Morgan fingerprint density at radius 3 is 2.28 bits per heavy atom. The zero-order chi connectivity index (χ0) is 18.4. The molecule has 3 N–H and O–H groups in total. The van der Waals surface area contributed by atoms with Crippen LogP contribution in [0.25, 0.3) is 0 Å². The molecule has 2 amide bonds. The number of carbonyl (C=O) groups is 2. The van der Waals surface area contributed by atoms with Crippen LogP contribution in [0.15, 0.2) is 42.5 Å². The lowest BCUT2D eigenvalue weighted by atomic mass is 10.2. The fourth-order valence-electron chi connectivity index (χ4n) is 1.80. The van der Waals surface area contributed by atoms with E-state index in [-0.39, 0.29) is 5.11 Å². The van der Waals surface area contributed by atoms with Gasteiger partial charge in [0.05, 0.1) is 10.7 Å². The van der Waals surface area contributed by atoms with Crippen LogP contribution >= 0.6 is 46.4 Å². The number of ether oxygens (including phenoxy) is 1. The summed E-state index contributed by atoms with van der Waals surface area (Å²) in [7, 11) is 1.56. The van der Waals surface area contributed by atoms with Crippen molar-refractivity contribution in [3.8, 4) is 5.75 Å². The molecule has 0 bridgehead atoms. The molecule has 0 heterocycles. The number of methoxy groups -OCH3 is 1. The van der Waals surface area contributed by atoms with Crippen LogP contribution < -0.4 is 20.9 Å². The Balaban J connectivity index is 1.88. The van der Waals surface area contributed by atoms with E-state index in [2.05, 4.69) is 38.8 Å². The molecule has 0 aliphatic heterocycles. The van der Waals surface area contributed by atoms with Gasteiger partial charge in [-0.2, -0.15) is 0 Å². The summed E-state index contributed by atoms with van der Waals surface area (Å²) < 4.78 is 5.94. The molecule has 9 heteroatoms. The van der Waals surface area contributed by atoms with Crippen molar-refractivity contribution in [1.82, 2.24) is 16.2 Å². The highest BCUT2D eigenvalue weighted by Gasteiger charge is 2.11. The third-order valence-corrected chi connectivity index (χ3v) is 4.34. The molecule has 0 aliphatic rings. The zero-order valence-electron chi connectivity index (χ0n) is 12.9. The summed E-state index contributed by atoms with van der Waals surface area (Å²) in [6.07, 6.45) is 0. The highest BCUT2D eigenvalue weighted by Crippen LogP contribution is 2.21. The molecule has 0 spiro atoms. The van der Waals surface area contributed by atoms with Crippen molar-refractivity contribution in [2.45, 2.75) is 0 Å². The number of thiocarbonyl (C=S) groups is 1. The third-order valence-electron chi connectivity index (χ3n) is 3.04. The predicted molar refractivity (Wildman–Crippen MR) is 108 cm³/mol. The molecule has 2 rings (SSSR count). The lowest BCUT2D eigenvalue weighted by Crippen LogP contribution is -2.48. The Hall–Kier alpha value is -1.91. The SMILES string of the molecule is COc1ccc(C(=O)NNC(=S)NC(=O)c2ccc(Cl)cc2)cc1I. The molecular formula is C16H13ClIN3O3S. The normalized spacial score (nSPS) is 9.88. The minimum atomic E-state index is -0.414. The minimum absolute atomic E-state index is 0.0310. The van der Waals surface area contributed by atoms with Crippen LogP contribution in [-0.2, 0) is 0 Å². The molecule has 2 aromatic carbocycles. The highest BCUT2D eigenvalue weighted by molar-refractivity contribution is 14.1. The first-order valence-corrected chi connectivity index (χ1v) is 8.78. The van der Waals surface area contributed by atoms with Crippen LogP contribution in [0, 0.1) is 3.57 Å². The first-order valence-electron chi connectivity index (χ1n) is 6.91. The quantitative estimate of drug-likeness (QED) is 0.351. The second-order valence-corrected chi connectivity index (χ2v) is 6.73. The largest absolute Gasteiger partial charge is 0.496 e. The molecule has 0 unspecified atom stereocenters. The van der Waals surface area contributed by atoms with Crippen molar-refractivity contribution < 1.29 is 14.3 Å². The Kier molecular flexibility index (Phi) is 6.97. The lowest BCUT2D eigenvalue weighted by Gasteiger charge is -2.11. The number of benzene rings is 2. The highest BCUT2D eigenvalue weighted by atomic mass is 127. The van der Waals surface area contributed by atoms with E-state index in [1.165, 1.54) is 0 Å². The summed E-state index contributed by atoms with van der Waals surface area (Å²) in [5, 5.41) is 2.95. The lowest BCUT2D eigenvalue weighted by molar-refractivity contribution is 0.0934. The molecule has 6 nitrogen and oxygen atoms in total. The number of hydrazine groups is 1. The van der Waals surface area contributed by atoms with Crippen molar-refractivity contribution in [1.29, 1.82) is 0 Å². The predicted octanol–water partition coefficient (Wildman–Crippen LogP) is 2.90. The van der Waals surface area contributed by atoms with Crippen molar-refractivity contribution in [2.24, 2.45) is 0 Å². The number of halogens is 2. The van der Waals surface area contributed by atoms with E-state index in [0.717, 1.165) is 3.57 Å². The van der Waals surface area contributed by atoms with Gasteiger partial charge in [-0.05, 0) is 77.3 Å². The number of hydrogen-bond donors (Lipinski definition) is 3. The van der Waals surface area contributed by atoms with E-state index in [0.29, 0.717) is 21.9 Å². The fourth-order valence-corrected chi connectivity index (χ4v) is 2.81. The van der Waals surface area contributed by atoms with E-state index in [9.17, 15) is 9.59 Å². The number of carbonyl (C=O) groups excluding carboxylic acids is 2. The summed E-state index contributed by atoms with van der Waals surface area (Å²) >= 11 is 12.8. The van der Waals surface area contributed by atoms with Gasteiger partial charge in [0.15, 0.2) is 5.11 Å². The van der Waals surface area contributed by atoms with Gasteiger partial charge in [-0.3, -0.25) is 25.8 Å². The maximum Gasteiger partial charge on any atom is 0.269 e. The Morgan fingerprint density at radius 2 is 1.68 bits per heavy atom. The summed E-state index contributed by atoms with van der Waals surface area (Å²) in [4.78, 5) is 24.1. The van der Waals surface area contributed by atoms with Gasteiger partial charge in [0.1, 0.15) is 5.75 Å². The topological polar surface area (TPSA) is 79.5 Å². The van der Waals surface area contributed by atoms with Gasteiger partial charge in [0, 0.05) is 16.1 Å². The fraction of sp³-hybridized carbons (Fsp3) is 0.0625. The van der Waals surface area contributed by atoms with Crippen LogP contribution in [-0.4, -0.2) is 24.0 Å². The number of nitrogens with one attached hydrogen (secondary N) is 3. The van der Waals surface area contributed by atoms with Crippen LogP contribution in [0.1, 0.15) is 20.7 Å². The standard InChI is InChI=1S/C16H13ClIN3O3S/c1-24-13-7-4-10(8-12(13)18)15(23)20-21-16(25)19-14(22)9-2-5-11(17)6-3-9/h2-8H,1H3,(H,20,23)(H2,19,21,22,25). The summed E-state index contributed by atoms with van der Waals surface area (Å²) in [6, 6.07) is 11.3. The molecule has 0 atom stereocenters. The minimum Gasteiger partial charge on any atom is -0.496 e. The molecule has 0 aromatic heterocycles. The molecular weight excluding hydrogens is 477 g/mol. The summed E-state index contributed by atoms with van der Waals surface area (Å²) in [6.45, 7) is 0. The molecule has 0 saturated heterocycles. The van der Waals surface area contributed by atoms with Crippen LogP contribution in [0.2, 0.25) is 5.02 Å². The molecule has 0 radical (unpaired) electrons. The number of hydrogen-bond acceptors (Lipinski definition) is 4. The van der Waals surface area contributed by atoms with Crippen molar-refractivity contribution in [2.75, 3.05) is 7.11 Å². The first-order chi connectivity index (χ1) is 11.9.